The van der Waals surface area contributed by atoms with Crippen LogP contribution >= 0.6 is 24.0 Å². The van der Waals surface area contributed by atoms with Crippen LogP contribution in [0.5, 0.6) is 0 Å². The van der Waals surface area contributed by atoms with Crippen molar-refractivity contribution >= 4 is 41.8 Å². The van der Waals surface area contributed by atoms with Crippen LogP contribution in [0.2, 0.25) is 0 Å². The predicted molar refractivity (Wildman–Crippen MR) is 118 cm³/mol. The molecule has 9 heteroatoms. The van der Waals surface area contributed by atoms with E-state index in [1.807, 2.05) is 0 Å². The van der Waals surface area contributed by atoms with Crippen molar-refractivity contribution in [3.8, 4) is 0 Å². The summed E-state index contributed by atoms with van der Waals surface area (Å²) < 4.78 is 5.19. The zero-order valence-corrected chi connectivity index (χ0v) is 18.7. The summed E-state index contributed by atoms with van der Waals surface area (Å²) in [7, 11) is 1.71. The van der Waals surface area contributed by atoms with Crippen LogP contribution in [-0.2, 0) is 4.79 Å². The number of hydrogen-bond donors (Lipinski definition) is 2. The number of aliphatic imine (C=N–C) groups is 1. The van der Waals surface area contributed by atoms with Crippen molar-refractivity contribution in [2.45, 2.75) is 38.1 Å². The third kappa shape index (κ3) is 6.11. The van der Waals surface area contributed by atoms with Crippen LogP contribution in [0.1, 0.15) is 42.7 Å². The van der Waals surface area contributed by atoms with E-state index in [9.17, 15) is 9.59 Å². The number of hydrogen-bond acceptors (Lipinski definition) is 4. The number of nitrogens with zero attached hydrogens (tertiary/aromatic N) is 3. The number of rotatable bonds is 4. The van der Waals surface area contributed by atoms with Crippen LogP contribution in [0.4, 0.5) is 0 Å². The fourth-order valence-corrected chi connectivity index (χ4v) is 3.69. The Balaban J connectivity index is 0.00000280. The molecule has 3 rings (SSSR count). The molecule has 0 atom stereocenters. The van der Waals surface area contributed by atoms with Crippen LogP contribution in [0, 0.1) is 0 Å². The first-order valence-electron chi connectivity index (χ1n) is 9.75. The number of amides is 2. The summed E-state index contributed by atoms with van der Waals surface area (Å²) >= 11 is 0. The van der Waals surface area contributed by atoms with Crippen molar-refractivity contribution in [2.24, 2.45) is 4.99 Å². The second-order valence-electron chi connectivity index (χ2n) is 7.06. The van der Waals surface area contributed by atoms with E-state index >= 15 is 0 Å². The highest BCUT2D eigenvalue weighted by Crippen LogP contribution is 2.17. The molecule has 0 bridgehead atoms. The van der Waals surface area contributed by atoms with Crippen molar-refractivity contribution in [3.05, 3.63) is 24.2 Å². The van der Waals surface area contributed by atoms with Gasteiger partial charge in [-0.2, -0.15) is 0 Å². The SMILES string of the molecule is CN=C(NCC(=O)NC1CCCCC1)N1CCN(C(=O)c2ccco2)CC1.I. The lowest BCUT2D eigenvalue weighted by Crippen LogP contribution is -2.55. The molecule has 0 spiro atoms. The second-order valence-corrected chi connectivity index (χ2v) is 7.06. The fourth-order valence-electron chi connectivity index (χ4n) is 3.69. The molecule has 0 aromatic carbocycles. The van der Waals surface area contributed by atoms with E-state index < -0.39 is 0 Å². The Bertz CT molecular complexity index is 651. The summed E-state index contributed by atoms with van der Waals surface area (Å²) in [5.41, 5.74) is 0. The number of furan rings is 1. The standard InChI is InChI=1S/C19H29N5O3.HI/c1-20-19(21-14-17(25)22-15-6-3-2-4-7-15)24-11-9-23(10-12-24)18(26)16-8-5-13-27-16;/h5,8,13,15H,2-4,6-7,9-12,14H2,1H3,(H,20,21)(H,22,25);1H. The second kappa shape index (κ2) is 11.3. The molecule has 2 heterocycles. The number of carbonyl (C=O) groups is 2. The molecule has 2 amide bonds. The number of carbonyl (C=O) groups excluding carboxylic acids is 2. The molecular formula is C19H30IN5O3. The Hall–Kier alpha value is -1.78. The first-order valence-corrected chi connectivity index (χ1v) is 9.75. The summed E-state index contributed by atoms with van der Waals surface area (Å²) in [6.45, 7) is 2.73. The van der Waals surface area contributed by atoms with E-state index in [4.69, 9.17) is 4.42 Å². The number of nitrogens with one attached hydrogen (secondary N) is 2. The highest BCUT2D eigenvalue weighted by atomic mass is 127. The van der Waals surface area contributed by atoms with Crippen molar-refractivity contribution in [2.75, 3.05) is 39.8 Å². The fraction of sp³-hybridized carbons (Fsp3) is 0.632. The molecule has 1 aliphatic heterocycles. The van der Waals surface area contributed by atoms with Crippen LogP contribution < -0.4 is 10.6 Å². The zero-order valence-electron chi connectivity index (χ0n) is 16.4. The van der Waals surface area contributed by atoms with Crippen molar-refractivity contribution in [3.63, 3.8) is 0 Å². The van der Waals surface area contributed by atoms with Gasteiger partial charge in [0, 0.05) is 39.3 Å². The molecular weight excluding hydrogens is 473 g/mol. The maximum Gasteiger partial charge on any atom is 0.289 e. The van der Waals surface area contributed by atoms with Gasteiger partial charge >= 0.3 is 0 Å². The van der Waals surface area contributed by atoms with Gasteiger partial charge in [-0.25, -0.2) is 0 Å². The first-order chi connectivity index (χ1) is 13.2. The molecule has 1 saturated carbocycles. The third-order valence-electron chi connectivity index (χ3n) is 5.19. The van der Waals surface area contributed by atoms with Crippen molar-refractivity contribution in [1.82, 2.24) is 20.4 Å². The van der Waals surface area contributed by atoms with Gasteiger partial charge in [-0.05, 0) is 25.0 Å². The van der Waals surface area contributed by atoms with Gasteiger partial charge in [0.05, 0.1) is 12.8 Å². The summed E-state index contributed by atoms with van der Waals surface area (Å²) in [6.07, 6.45) is 7.32. The van der Waals surface area contributed by atoms with Gasteiger partial charge in [0.2, 0.25) is 5.91 Å². The summed E-state index contributed by atoms with van der Waals surface area (Å²) in [4.78, 5) is 32.6. The largest absolute Gasteiger partial charge is 0.459 e. The Kier molecular flexibility index (Phi) is 9.07. The Morgan fingerprint density at radius 3 is 2.43 bits per heavy atom. The highest BCUT2D eigenvalue weighted by molar-refractivity contribution is 14.0. The van der Waals surface area contributed by atoms with Crippen LogP contribution in [0.25, 0.3) is 0 Å². The quantitative estimate of drug-likeness (QED) is 0.371. The van der Waals surface area contributed by atoms with Crippen LogP contribution in [0.15, 0.2) is 27.8 Å². The summed E-state index contributed by atoms with van der Waals surface area (Å²) in [5, 5.41) is 6.24. The van der Waals surface area contributed by atoms with Gasteiger partial charge in [0.1, 0.15) is 0 Å². The van der Waals surface area contributed by atoms with E-state index in [1.165, 1.54) is 25.5 Å². The van der Waals surface area contributed by atoms with Crippen molar-refractivity contribution < 1.29 is 14.0 Å². The van der Waals surface area contributed by atoms with Gasteiger partial charge in [-0.3, -0.25) is 14.6 Å². The van der Waals surface area contributed by atoms with E-state index in [0.717, 1.165) is 12.8 Å². The average molecular weight is 503 g/mol. The van der Waals surface area contributed by atoms with Crippen LogP contribution in [0.3, 0.4) is 0 Å². The maximum absolute atomic E-state index is 12.3. The highest BCUT2D eigenvalue weighted by Gasteiger charge is 2.25. The van der Waals surface area contributed by atoms with Gasteiger partial charge in [0.15, 0.2) is 11.7 Å². The normalized spacial score (nSPS) is 18.4. The molecule has 0 radical (unpaired) electrons. The molecule has 28 heavy (non-hydrogen) atoms. The first kappa shape index (κ1) is 22.5. The monoisotopic (exact) mass is 503 g/mol. The lowest BCUT2D eigenvalue weighted by Gasteiger charge is -2.36. The number of piperazine rings is 1. The molecule has 1 aromatic rings. The minimum atomic E-state index is -0.0885. The Morgan fingerprint density at radius 1 is 1.14 bits per heavy atom. The van der Waals surface area contributed by atoms with E-state index in [0.29, 0.717) is 43.9 Å². The zero-order chi connectivity index (χ0) is 19.1. The smallest absolute Gasteiger partial charge is 0.289 e. The van der Waals surface area contributed by atoms with E-state index in [2.05, 4.69) is 20.5 Å². The number of guanidine groups is 1. The predicted octanol–water partition coefficient (Wildman–Crippen LogP) is 1.68. The number of halogens is 1. The van der Waals surface area contributed by atoms with E-state index in [-0.39, 0.29) is 42.3 Å². The summed E-state index contributed by atoms with van der Waals surface area (Å²) in [5.74, 6) is 0.980. The minimum Gasteiger partial charge on any atom is -0.459 e. The maximum atomic E-state index is 12.3. The minimum absolute atomic E-state index is 0. The third-order valence-corrected chi connectivity index (χ3v) is 5.19. The van der Waals surface area contributed by atoms with Gasteiger partial charge < -0.3 is 24.9 Å². The Morgan fingerprint density at radius 2 is 1.82 bits per heavy atom. The molecule has 2 aliphatic rings. The molecule has 1 aromatic heterocycles. The van der Waals surface area contributed by atoms with Crippen molar-refractivity contribution in [1.29, 1.82) is 0 Å². The molecule has 1 saturated heterocycles. The lowest BCUT2D eigenvalue weighted by atomic mass is 9.95. The molecule has 2 fully saturated rings. The molecule has 0 unspecified atom stereocenters. The van der Waals surface area contributed by atoms with E-state index in [1.54, 1.807) is 24.1 Å². The Labute approximate surface area is 183 Å². The van der Waals surface area contributed by atoms with Gasteiger partial charge in [-0.1, -0.05) is 19.3 Å². The molecule has 8 nitrogen and oxygen atoms in total. The average Bonchev–Trinajstić information content (AvgIpc) is 3.24. The van der Waals surface area contributed by atoms with Crippen LogP contribution in [-0.4, -0.2) is 73.4 Å². The molecule has 2 N–H and O–H groups in total. The van der Waals surface area contributed by atoms with Gasteiger partial charge in [0.25, 0.3) is 5.91 Å². The molecule has 1 aliphatic carbocycles. The molecule has 156 valence electrons. The topological polar surface area (TPSA) is 90.2 Å². The van der Waals surface area contributed by atoms with Gasteiger partial charge in [-0.15, -0.1) is 24.0 Å². The lowest BCUT2D eigenvalue weighted by molar-refractivity contribution is -0.120. The summed E-state index contributed by atoms with van der Waals surface area (Å²) in [6, 6.07) is 3.71.